The lowest BCUT2D eigenvalue weighted by molar-refractivity contribution is 0.591. The minimum atomic E-state index is -3.47. The molecule has 65 heavy (non-hydrogen) atoms. The molecule has 8 heteroatoms. The molecule has 5 nitrogen and oxygen atoms in total. The average Bonchev–Trinajstić information content (AvgIpc) is 3.72. The summed E-state index contributed by atoms with van der Waals surface area (Å²) in [4.78, 5) is 4.55. The maximum atomic E-state index is 16.2. The molecule has 0 spiro atoms. The predicted molar refractivity (Wildman–Crippen MR) is 274 cm³/mol. The molecule has 9 aromatic carbocycles. The maximum Gasteiger partial charge on any atom is 0.171 e. The molecule has 0 radical (unpaired) electrons. The number of aromatic nitrogens is 2. The molecule has 2 heterocycles. The van der Waals surface area contributed by atoms with Crippen LogP contribution in [0.2, 0.25) is 0 Å². The summed E-state index contributed by atoms with van der Waals surface area (Å²) in [5.41, 5.74) is 3.48. The molecule has 0 N–H and O–H groups in total. The van der Waals surface area contributed by atoms with Crippen molar-refractivity contribution in [1.29, 1.82) is 0 Å². The van der Waals surface area contributed by atoms with E-state index in [1.807, 2.05) is 218 Å². The van der Waals surface area contributed by atoms with Crippen molar-refractivity contribution in [3.05, 3.63) is 249 Å². The van der Waals surface area contributed by atoms with E-state index >= 15 is 13.7 Å². The van der Waals surface area contributed by atoms with E-state index in [-0.39, 0.29) is 0 Å². The second-order valence-electron chi connectivity index (χ2n) is 16.1. The molecule has 0 aliphatic heterocycles. The van der Waals surface area contributed by atoms with E-state index < -0.39 is 21.4 Å². The number of rotatable bonds is 10. The van der Waals surface area contributed by atoms with Crippen molar-refractivity contribution < 1.29 is 13.7 Å². The second-order valence-corrected chi connectivity index (χ2v) is 24.4. The third-order valence-corrected chi connectivity index (χ3v) is 21.6. The maximum absolute atomic E-state index is 16.2. The third-order valence-electron chi connectivity index (χ3n) is 12.5. The zero-order chi connectivity index (χ0) is 44.0. The van der Waals surface area contributed by atoms with Crippen LogP contribution >= 0.6 is 21.4 Å². The van der Waals surface area contributed by atoms with Gasteiger partial charge in [0.15, 0.2) is 21.4 Å². The highest BCUT2D eigenvalue weighted by Gasteiger charge is 2.34. The van der Waals surface area contributed by atoms with Crippen molar-refractivity contribution in [2.24, 2.45) is 0 Å². The van der Waals surface area contributed by atoms with Crippen molar-refractivity contribution in [2.75, 3.05) is 0 Å². The zero-order valence-corrected chi connectivity index (χ0v) is 37.8. The standard InChI is InChI=1S/C57H41N2O3P3/c60-63(44-18-6-1-7-19-44,45-20-8-2-9-21-45)49-30-28-43(29-31-49)59-56-36-33-51(64(61,46-22-10-3-11-23-46)47-24-12-4-13-25-47)40-53(56)54-41-52(34-37-57(54)59)65(62,48-26-14-5-15-27-48)50-32-35-55-42(39-50)17-16-38-58-55/h1-41H. The van der Waals surface area contributed by atoms with Gasteiger partial charge in [0, 0.05) is 75.8 Å². The summed E-state index contributed by atoms with van der Waals surface area (Å²) in [6.07, 6.45) is 1.77. The van der Waals surface area contributed by atoms with E-state index in [9.17, 15) is 0 Å². The Kier molecular flexibility index (Phi) is 10.3. The Bertz CT molecular complexity index is 3590. The van der Waals surface area contributed by atoms with Crippen LogP contribution in [0.5, 0.6) is 0 Å². The van der Waals surface area contributed by atoms with Crippen LogP contribution in [-0.4, -0.2) is 9.55 Å². The highest BCUT2D eigenvalue weighted by molar-refractivity contribution is 7.86. The van der Waals surface area contributed by atoms with E-state index in [4.69, 9.17) is 0 Å². The van der Waals surface area contributed by atoms with Gasteiger partial charge in [-0.1, -0.05) is 158 Å². The number of fused-ring (bicyclic) bond motifs is 4. The van der Waals surface area contributed by atoms with Crippen LogP contribution in [0.4, 0.5) is 0 Å². The fourth-order valence-electron chi connectivity index (χ4n) is 9.27. The highest BCUT2D eigenvalue weighted by atomic mass is 31.2. The molecule has 0 amide bonds. The Labute approximate surface area is 377 Å². The van der Waals surface area contributed by atoms with Gasteiger partial charge < -0.3 is 18.3 Å². The van der Waals surface area contributed by atoms with Gasteiger partial charge in [0.25, 0.3) is 0 Å². The normalized spacial score (nSPS) is 12.9. The second kappa shape index (κ2) is 16.5. The first-order chi connectivity index (χ1) is 31.9. The first-order valence-electron chi connectivity index (χ1n) is 21.5. The van der Waals surface area contributed by atoms with Crippen LogP contribution in [0.3, 0.4) is 0 Å². The lowest BCUT2D eigenvalue weighted by Gasteiger charge is -2.21. The average molecular weight is 895 g/mol. The van der Waals surface area contributed by atoms with Crippen LogP contribution < -0.4 is 47.7 Å². The molecule has 0 bridgehead atoms. The van der Waals surface area contributed by atoms with E-state index in [2.05, 4.69) is 33.8 Å². The highest BCUT2D eigenvalue weighted by Crippen LogP contribution is 2.47. The molecule has 0 saturated heterocycles. The van der Waals surface area contributed by atoms with Gasteiger partial charge in [0.05, 0.1) is 16.6 Å². The molecule has 0 aliphatic rings. The number of hydrogen-bond donors (Lipinski definition) is 0. The molecule has 0 fully saturated rings. The summed E-state index contributed by atoms with van der Waals surface area (Å²) in [6.45, 7) is 0. The molecule has 0 aliphatic carbocycles. The Hall–Kier alpha value is -7.12. The number of benzene rings is 9. The van der Waals surface area contributed by atoms with Crippen LogP contribution in [0, 0.1) is 0 Å². The monoisotopic (exact) mass is 894 g/mol. The van der Waals surface area contributed by atoms with Crippen LogP contribution in [-0.2, 0) is 13.7 Å². The van der Waals surface area contributed by atoms with E-state index in [0.29, 0.717) is 15.9 Å². The van der Waals surface area contributed by atoms with Crippen LogP contribution in [0.1, 0.15) is 0 Å². The molecule has 1 unspecified atom stereocenters. The first-order valence-corrected chi connectivity index (χ1v) is 26.6. The quantitative estimate of drug-likeness (QED) is 0.128. The molecular formula is C57H41N2O3P3. The van der Waals surface area contributed by atoms with Gasteiger partial charge >= 0.3 is 0 Å². The van der Waals surface area contributed by atoms with Crippen molar-refractivity contribution in [2.45, 2.75) is 0 Å². The van der Waals surface area contributed by atoms with E-state index in [0.717, 1.165) is 70.2 Å². The van der Waals surface area contributed by atoms with Crippen LogP contribution in [0.25, 0.3) is 38.4 Å². The Morgan fingerprint density at radius 1 is 0.308 bits per heavy atom. The van der Waals surface area contributed by atoms with E-state index in [1.165, 1.54) is 0 Å². The van der Waals surface area contributed by atoms with Crippen molar-refractivity contribution in [3.8, 4) is 5.69 Å². The molecule has 2 aromatic heterocycles. The fraction of sp³-hybridized carbons (Fsp3) is 0. The Morgan fingerprint density at radius 3 is 1.08 bits per heavy atom. The number of nitrogens with zero attached hydrogens (tertiary/aromatic N) is 2. The lowest BCUT2D eigenvalue weighted by Crippen LogP contribution is -2.25. The topological polar surface area (TPSA) is 69.0 Å². The molecule has 0 saturated carbocycles. The largest absolute Gasteiger partial charge is 0.309 e. The van der Waals surface area contributed by atoms with Gasteiger partial charge in [-0.25, -0.2) is 0 Å². The third kappa shape index (κ3) is 6.79. The molecule has 11 rings (SSSR count). The fourth-order valence-corrected chi connectivity index (χ4v) is 17.3. The number of hydrogen-bond acceptors (Lipinski definition) is 4. The van der Waals surface area contributed by atoms with Gasteiger partial charge in [-0.3, -0.25) is 4.98 Å². The van der Waals surface area contributed by atoms with E-state index in [1.54, 1.807) is 6.20 Å². The minimum absolute atomic E-state index is 0.681. The van der Waals surface area contributed by atoms with Gasteiger partial charge in [-0.05, 0) is 84.9 Å². The first kappa shape index (κ1) is 40.6. The van der Waals surface area contributed by atoms with Gasteiger partial charge in [-0.15, -0.1) is 0 Å². The lowest BCUT2D eigenvalue weighted by atomic mass is 10.1. The van der Waals surface area contributed by atoms with Crippen molar-refractivity contribution >= 4 is 102 Å². The molecule has 312 valence electrons. The van der Waals surface area contributed by atoms with Crippen molar-refractivity contribution in [3.63, 3.8) is 0 Å². The van der Waals surface area contributed by atoms with Crippen molar-refractivity contribution in [1.82, 2.24) is 9.55 Å². The summed E-state index contributed by atoms with van der Waals surface area (Å²) in [5, 5.41) is 9.21. The zero-order valence-electron chi connectivity index (χ0n) is 35.1. The SMILES string of the molecule is O=P(c1ccccc1)(c1ccccc1)c1ccc(-n2c3ccc(P(=O)(c4ccccc4)c4ccccc4)cc3c3cc(P(=O)(c4ccccc4)c4ccc5ncccc5c4)ccc32)cc1. The van der Waals surface area contributed by atoms with Gasteiger partial charge in [0.2, 0.25) is 0 Å². The summed E-state index contributed by atoms with van der Waals surface area (Å²) in [5.74, 6) is 0. The Morgan fingerprint density at radius 2 is 0.646 bits per heavy atom. The Balaban J connectivity index is 1.16. The number of pyridine rings is 1. The molecule has 1 atom stereocenters. The molecular weight excluding hydrogens is 854 g/mol. The summed E-state index contributed by atoms with van der Waals surface area (Å²) >= 11 is 0. The summed E-state index contributed by atoms with van der Waals surface area (Å²) in [6, 6.07) is 78.5. The summed E-state index contributed by atoms with van der Waals surface area (Å²) < 4.78 is 49.6. The predicted octanol–water partition coefficient (Wildman–Crippen LogP) is 10.3. The summed E-state index contributed by atoms with van der Waals surface area (Å²) in [7, 11) is -10.1. The minimum Gasteiger partial charge on any atom is -0.309 e. The smallest absolute Gasteiger partial charge is 0.171 e. The van der Waals surface area contributed by atoms with Gasteiger partial charge in [0.1, 0.15) is 0 Å². The van der Waals surface area contributed by atoms with Crippen LogP contribution in [0.15, 0.2) is 249 Å². The van der Waals surface area contributed by atoms with Gasteiger partial charge in [-0.2, -0.15) is 0 Å². The molecule has 11 aromatic rings.